The summed E-state index contributed by atoms with van der Waals surface area (Å²) in [5.74, 6) is 0.0678. The molecule has 1 heterocycles. The highest BCUT2D eigenvalue weighted by molar-refractivity contribution is 5.91. The van der Waals surface area contributed by atoms with Gasteiger partial charge in [0.15, 0.2) is 0 Å². The molecule has 0 N–H and O–H groups in total. The van der Waals surface area contributed by atoms with Gasteiger partial charge in [0.25, 0.3) is 0 Å². The average Bonchev–Trinajstić information content (AvgIpc) is 2.65. The third-order valence-corrected chi connectivity index (χ3v) is 4.60. The molecular formula is C20H20F3NO3. The van der Waals surface area contributed by atoms with Crippen molar-refractivity contribution in [3.8, 4) is 5.75 Å². The fourth-order valence-electron chi connectivity index (χ4n) is 3.16. The second-order valence-corrected chi connectivity index (χ2v) is 6.71. The first-order valence-corrected chi connectivity index (χ1v) is 8.54. The number of alkyl halides is 3. The molecule has 27 heavy (non-hydrogen) atoms. The second-order valence-electron chi connectivity index (χ2n) is 6.71. The zero-order valence-electron chi connectivity index (χ0n) is 15.2. The van der Waals surface area contributed by atoms with Crippen LogP contribution in [0.4, 0.5) is 24.5 Å². The van der Waals surface area contributed by atoms with Gasteiger partial charge in [-0.2, -0.15) is 13.2 Å². The summed E-state index contributed by atoms with van der Waals surface area (Å²) >= 11 is 0. The molecule has 144 valence electrons. The van der Waals surface area contributed by atoms with E-state index >= 15 is 0 Å². The number of benzene rings is 2. The quantitative estimate of drug-likeness (QED) is 0.700. The van der Waals surface area contributed by atoms with Crippen molar-refractivity contribution in [1.29, 1.82) is 0 Å². The Morgan fingerprint density at radius 3 is 2.59 bits per heavy atom. The summed E-state index contributed by atoms with van der Waals surface area (Å²) in [7, 11) is 1.28. The van der Waals surface area contributed by atoms with E-state index in [9.17, 15) is 18.0 Å². The molecule has 1 aliphatic heterocycles. The van der Waals surface area contributed by atoms with Crippen LogP contribution in [0.3, 0.4) is 0 Å². The van der Waals surface area contributed by atoms with E-state index in [1.54, 1.807) is 24.3 Å². The fourth-order valence-corrected chi connectivity index (χ4v) is 3.16. The Hall–Kier alpha value is -2.70. The van der Waals surface area contributed by atoms with E-state index in [-0.39, 0.29) is 12.0 Å². The molecule has 0 saturated heterocycles. The first kappa shape index (κ1) is 19.1. The summed E-state index contributed by atoms with van der Waals surface area (Å²) in [6, 6.07) is 9.90. The van der Waals surface area contributed by atoms with Crippen LogP contribution in [0.2, 0.25) is 0 Å². The number of esters is 1. The van der Waals surface area contributed by atoms with E-state index < -0.39 is 17.7 Å². The third kappa shape index (κ3) is 3.72. The highest BCUT2D eigenvalue weighted by Crippen LogP contribution is 2.42. The van der Waals surface area contributed by atoms with Crippen molar-refractivity contribution >= 4 is 17.3 Å². The van der Waals surface area contributed by atoms with Gasteiger partial charge in [-0.15, -0.1) is 0 Å². The van der Waals surface area contributed by atoms with Gasteiger partial charge in [0, 0.05) is 5.69 Å². The number of rotatable bonds is 3. The van der Waals surface area contributed by atoms with E-state index in [1.807, 2.05) is 18.7 Å². The molecule has 7 heteroatoms. The fraction of sp³-hybridized carbons (Fsp3) is 0.350. The molecule has 0 fully saturated rings. The largest absolute Gasteiger partial charge is 0.489 e. The number of hydrogen-bond donors (Lipinski definition) is 0. The molecule has 0 aliphatic carbocycles. The number of ether oxygens (including phenoxy) is 2. The minimum Gasteiger partial charge on any atom is -0.489 e. The topological polar surface area (TPSA) is 38.8 Å². The van der Waals surface area contributed by atoms with Crippen LogP contribution in [0.1, 0.15) is 29.8 Å². The molecule has 0 amide bonds. The van der Waals surface area contributed by atoms with E-state index in [0.29, 0.717) is 29.3 Å². The maximum Gasteiger partial charge on any atom is 0.416 e. The molecule has 1 aliphatic rings. The van der Waals surface area contributed by atoms with E-state index in [0.717, 1.165) is 12.1 Å². The normalized spacial score (nSPS) is 16.7. The highest BCUT2D eigenvalue weighted by atomic mass is 19.4. The van der Waals surface area contributed by atoms with Gasteiger partial charge in [0.2, 0.25) is 0 Å². The SMILES string of the molecule is COC(=O)c1ccc2c(c1)OCC(C(C)C)N2c1cccc(C(F)(F)F)c1. The highest BCUT2D eigenvalue weighted by Gasteiger charge is 2.34. The summed E-state index contributed by atoms with van der Waals surface area (Å²) in [6.45, 7) is 4.27. The van der Waals surface area contributed by atoms with E-state index in [4.69, 9.17) is 9.47 Å². The molecule has 0 radical (unpaired) electrons. The molecule has 2 aromatic rings. The standard InChI is InChI=1S/C20H20F3NO3/c1-12(2)17-11-27-18-9-13(19(25)26-3)7-8-16(18)24(17)15-6-4-5-14(10-15)20(21,22)23/h4-10,12,17H,11H2,1-3H3. The monoisotopic (exact) mass is 379 g/mol. The second kappa shape index (κ2) is 7.13. The van der Waals surface area contributed by atoms with Gasteiger partial charge < -0.3 is 14.4 Å². The molecule has 1 atom stereocenters. The van der Waals surface area contributed by atoms with Crippen molar-refractivity contribution in [1.82, 2.24) is 0 Å². The number of methoxy groups -OCH3 is 1. The third-order valence-electron chi connectivity index (χ3n) is 4.60. The molecule has 0 aromatic heterocycles. The molecular weight excluding hydrogens is 359 g/mol. The van der Waals surface area contributed by atoms with Crippen LogP contribution in [0.5, 0.6) is 5.75 Å². The Balaban J connectivity index is 2.11. The number of nitrogens with zero attached hydrogens (tertiary/aromatic N) is 1. The lowest BCUT2D eigenvalue weighted by Crippen LogP contribution is -2.43. The average molecular weight is 379 g/mol. The Labute approximate surface area is 155 Å². The smallest absolute Gasteiger partial charge is 0.416 e. The number of halogens is 3. The molecule has 0 spiro atoms. The van der Waals surface area contributed by atoms with Crippen LogP contribution >= 0.6 is 0 Å². The minimum atomic E-state index is -4.42. The van der Waals surface area contributed by atoms with Gasteiger partial charge in [0.05, 0.1) is 30.0 Å². The summed E-state index contributed by atoms with van der Waals surface area (Å²) < 4.78 is 50.0. The lowest BCUT2D eigenvalue weighted by Gasteiger charge is -2.41. The minimum absolute atomic E-state index is 0.132. The molecule has 4 nitrogen and oxygen atoms in total. The zero-order chi connectivity index (χ0) is 19.8. The Morgan fingerprint density at radius 1 is 1.22 bits per heavy atom. The molecule has 2 aromatic carbocycles. The first-order chi connectivity index (χ1) is 12.7. The number of carbonyl (C=O) groups is 1. The van der Waals surface area contributed by atoms with Crippen molar-refractivity contribution in [2.45, 2.75) is 26.1 Å². The van der Waals surface area contributed by atoms with Gasteiger partial charge in [-0.3, -0.25) is 0 Å². The van der Waals surface area contributed by atoms with Gasteiger partial charge in [-0.1, -0.05) is 19.9 Å². The number of anilines is 2. The van der Waals surface area contributed by atoms with Gasteiger partial charge in [0.1, 0.15) is 12.4 Å². The Kier molecular flexibility index (Phi) is 5.04. The maximum absolute atomic E-state index is 13.2. The lowest BCUT2D eigenvalue weighted by molar-refractivity contribution is -0.137. The van der Waals surface area contributed by atoms with Crippen LogP contribution < -0.4 is 9.64 Å². The maximum atomic E-state index is 13.2. The Morgan fingerprint density at radius 2 is 1.96 bits per heavy atom. The van der Waals surface area contributed by atoms with Crippen molar-refractivity contribution in [2.75, 3.05) is 18.6 Å². The van der Waals surface area contributed by atoms with Gasteiger partial charge >= 0.3 is 12.1 Å². The van der Waals surface area contributed by atoms with Crippen LogP contribution in [0, 0.1) is 5.92 Å². The number of carbonyl (C=O) groups excluding carboxylic acids is 1. The molecule has 0 bridgehead atoms. The van der Waals surface area contributed by atoms with Crippen molar-refractivity contribution < 1.29 is 27.4 Å². The van der Waals surface area contributed by atoms with Gasteiger partial charge in [-0.25, -0.2) is 4.79 Å². The van der Waals surface area contributed by atoms with Crippen molar-refractivity contribution in [2.24, 2.45) is 5.92 Å². The first-order valence-electron chi connectivity index (χ1n) is 8.54. The van der Waals surface area contributed by atoms with Crippen LogP contribution in [-0.2, 0) is 10.9 Å². The summed E-state index contributed by atoms with van der Waals surface area (Å²) in [6.07, 6.45) is -4.42. The van der Waals surface area contributed by atoms with Crippen LogP contribution in [-0.4, -0.2) is 25.7 Å². The van der Waals surface area contributed by atoms with Crippen LogP contribution in [0.15, 0.2) is 42.5 Å². The van der Waals surface area contributed by atoms with Gasteiger partial charge in [-0.05, 0) is 42.3 Å². The predicted molar refractivity (Wildman–Crippen MR) is 95.5 cm³/mol. The zero-order valence-corrected chi connectivity index (χ0v) is 15.2. The summed E-state index contributed by atoms with van der Waals surface area (Å²) in [5, 5.41) is 0. The molecule has 1 unspecified atom stereocenters. The Bertz CT molecular complexity index is 849. The summed E-state index contributed by atoms with van der Waals surface area (Å²) in [5.41, 5.74) is 0.663. The molecule has 0 saturated carbocycles. The lowest BCUT2D eigenvalue weighted by atomic mass is 9.98. The van der Waals surface area contributed by atoms with Crippen molar-refractivity contribution in [3.05, 3.63) is 53.6 Å². The van der Waals surface area contributed by atoms with Crippen molar-refractivity contribution in [3.63, 3.8) is 0 Å². The summed E-state index contributed by atoms with van der Waals surface area (Å²) in [4.78, 5) is 13.6. The number of hydrogen-bond acceptors (Lipinski definition) is 4. The van der Waals surface area contributed by atoms with E-state index in [2.05, 4.69) is 0 Å². The van der Waals surface area contributed by atoms with Crippen LogP contribution in [0.25, 0.3) is 0 Å². The van der Waals surface area contributed by atoms with E-state index in [1.165, 1.54) is 13.2 Å². The number of fused-ring (bicyclic) bond motifs is 1. The molecule has 3 rings (SSSR count). The predicted octanol–water partition coefficient (Wildman–Crippen LogP) is 5.05.